The van der Waals surface area contributed by atoms with Gasteiger partial charge in [0.2, 0.25) is 5.13 Å². The van der Waals surface area contributed by atoms with Gasteiger partial charge >= 0.3 is 0 Å². The summed E-state index contributed by atoms with van der Waals surface area (Å²) >= 11 is 1.45. The minimum Gasteiger partial charge on any atom is -0.322 e. The van der Waals surface area contributed by atoms with Gasteiger partial charge in [-0.25, -0.2) is 14.1 Å². The summed E-state index contributed by atoms with van der Waals surface area (Å²) in [5.41, 5.74) is 1.77. The van der Waals surface area contributed by atoms with Gasteiger partial charge < -0.3 is 5.32 Å². The molecule has 0 bridgehead atoms. The molecule has 0 atom stereocenters. The Labute approximate surface area is 143 Å². The molecule has 124 valence electrons. The standard InChI is InChI=1S/C17H17FN4OS/c1-11(2)9-15-14(10-22(21-15)17-19-7-8-24-17)16(23)20-13-5-3-12(18)4-6-13/h3-8,10-11H,9H2,1-2H3,(H,20,23). The lowest BCUT2D eigenvalue weighted by Crippen LogP contribution is -2.14. The van der Waals surface area contributed by atoms with Crippen molar-refractivity contribution in [2.45, 2.75) is 20.3 Å². The summed E-state index contributed by atoms with van der Waals surface area (Å²) in [6.45, 7) is 4.15. The van der Waals surface area contributed by atoms with Crippen LogP contribution in [0.2, 0.25) is 0 Å². The van der Waals surface area contributed by atoms with Crippen molar-refractivity contribution in [1.29, 1.82) is 0 Å². The second-order valence-corrected chi connectivity index (χ2v) is 6.68. The largest absolute Gasteiger partial charge is 0.322 e. The third-order valence-electron chi connectivity index (χ3n) is 3.35. The van der Waals surface area contributed by atoms with Crippen molar-refractivity contribution in [1.82, 2.24) is 14.8 Å². The molecule has 0 aliphatic heterocycles. The second-order valence-electron chi connectivity index (χ2n) is 5.81. The average molecular weight is 344 g/mol. The van der Waals surface area contributed by atoms with Gasteiger partial charge in [0.25, 0.3) is 5.91 Å². The quantitative estimate of drug-likeness (QED) is 0.763. The number of amides is 1. The topological polar surface area (TPSA) is 59.8 Å². The molecule has 5 nitrogen and oxygen atoms in total. The first-order valence-corrected chi connectivity index (χ1v) is 8.46. The van der Waals surface area contributed by atoms with E-state index < -0.39 is 0 Å². The van der Waals surface area contributed by atoms with E-state index in [4.69, 9.17) is 0 Å². The lowest BCUT2D eigenvalue weighted by molar-refractivity contribution is 0.102. The maximum Gasteiger partial charge on any atom is 0.259 e. The number of halogens is 1. The highest BCUT2D eigenvalue weighted by molar-refractivity contribution is 7.12. The van der Waals surface area contributed by atoms with Crippen LogP contribution in [0.1, 0.15) is 29.9 Å². The SMILES string of the molecule is CC(C)Cc1nn(-c2nccs2)cc1C(=O)Nc1ccc(F)cc1. The van der Waals surface area contributed by atoms with Gasteiger partial charge in [-0.1, -0.05) is 13.8 Å². The highest BCUT2D eigenvalue weighted by atomic mass is 32.1. The molecule has 0 radical (unpaired) electrons. The van der Waals surface area contributed by atoms with Gasteiger partial charge in [-0.05, 0) is 36.6 Å². The van der Waals surface area contributed by atoms with Crippen molar-refractivity contribution < 1.29 is 9.18 Å². The Morgan fingerprint density at radius 1 is 1.33 bits per heavy atom. The second kappa shape index (κ2) is 6.92. The lowest BCUT2D eigenvalue weighted by Gasteiger charge is -2.06. The van der Waals surface area contributed by atoms with E-state index in [1.807, 2.05) is 5.38 Å². The molecule has 0 unspecified atom stereocenters. The van der Waals surface area contributed by atoms with Crippen LogP contribution in [0.3, 0.4) is 0 Å². The number of benzene rings is 1. The molecule has 2 aromatic heterocycles. The Balaban J connectivity index is 1.89. The van der Waals surface area contributed by atoms with Crippen LogP contribution in [-0.2, 0) is 6.42 Å². The van der Waals surface area contributed by atoms with Crippen molar-refractivity contribution >= 4 is 22.9 Å². The molecule has 3 rings (SSSR count). The van der Waals surface area contributed by atoms with Crippen molar-refractivity contribution in [3.05, 3.63) is 59.1 Å². The Kier molecular flexibility index (Phi) is 4.71. The third-order valence-corrected chi connectivity index (χ3v) is 4.12. The molecule has 7 heteroatoms. The van der Waals surface area contributed by atoms with Gasteiger partial charge in [-0.3, -0.25) is 4.79 Å². The fourth-order valence-corrected chi connectivity index (χ4v) is 2.86. The summed E-state index contributed by atoms with van der Waals surface area (Å²) in [5, 5.41) is 9.86. The van der Waals surface area contributed by atoms with Crippen LogP contribution >= 0.6 is 11.3 Å². The normalized spacial score (nSPS) is 11.0. The van der Waals surface area contributed by atoms with E-state index in [0.717, 1.165) is 5.69 Å². The molecule has 0 fully saturated rings. The Morgan fingerprint density at radius 2 is 2.08 bits per heavy atom. The minimum atomic E-state index is -0.343. The monoisotopic (exact) mass is 344 g/mol. The van der Waals surface area contributed by atoms with Crippen LogP contribution in [0.4, 0.5) is 10.1 Å². The number of thiazole rings is 1. The number of hydrogen-bond acceptors (Lipinski definition) is 4. The van der Waals surface area contributed by atoms with Crippen LogP contribution in [0.15, 0.2) is 42.0 Å². The molecule has 24 heavy (non-hydrogen) atoms. The molecule has 0 saturated heterocycles. The molecule has 1 N–H and O–H groups in total. The predicted octanol–water partition coefficient (Wildman–Crippen LogP) is 3.92. The fourth-order valence-electron chi connectivity index (χ4n) is 2.30. The Bertz CT molecular complexity index is 825. The van der Waals surface area contributed by atoms with Crippen molar-refractivity contribution in [2.24, 2.45) is 5.92 Å². The van der Waals surface area contributed by atoms with E-state index >= 15 is 0 Å². The average Bonchev–Trinajstić information content (AvgIpc) is 3.18. The summed E-state index contributed by atoms with van der Waals surface area (Å²) in [6.07, 6.45) is 4.07. The third kappa shape index (κ3) is 3.68. The smallest absolute Gasteiger partial charge is 0.259 e. The molecule has 0 aliphatic rings. The molecular weight excluding hydrogens is 327 g/mol. The zero-order chi connectivity index (χ0) is 17.1. The number of anilines is 1. The van der Waals surface area contributed by atoms with Crippen molar-refractivity contribution in [3.63, 3.8) is 0 Å². The van der Waals surface area contributed by atoms with Gasteiger partial charge in [0, 0.05) is 23.5 Å². The Hall–Kier alpha value is -2.54. The van der Waals surface area contributed by atoms with Crippen LogP contribution in [0, 0.1) is 11.7 Å². The molecular formula is C17H17FN4OS. The maximum atomic E-state index is 13.0. The number of carbonyl (C=O) groups is 1. The summed E-state index contributed by atoms with van der Waals surface area (Å²) < 4.78 is 14.6. The van der Waals surface area contributed by atoms with Crippen LogP contribution in [-0.4, -0.2) is 20.7 Å². The van der Waals surface area contributed by atoms with E-state index in [-0.39, 0.29) is 11.7 Å². The van der Waals surface area contributed by atoms with E-state index in [9.17, 15) is 9.18 Å². The number of hydrogen-bond donors (Lipinski definition) is 1. The highest BCUT2D eigenvalue weighted by Gasteiger charge is 2.19. The predicted molar refractivity (Wildman–Crippen MR) is 92.1 cm³/mol. The number of aromatic nitrogens is 3. The van der Waals surface area contributed by atoms with E-state index in [1.165, 1.54) is 35.6 Å². The molecule has 1 amide bonds. The summed E-state index contributed by atoms with van der Waals surface area (Å²) in [4.78, 5) is 16.8. The van der Waals surface area contributed by atoms with Crippen LogP contribution in [0.5, 0.6) is 0 Å². The van der Waals surface area contributed by atoms with Crippen LogP contribution in [0.25, 0.3) is 5.13 Å². The van der Waals surface area contributed by atoms with Gasteiger partial charge in [0.15, 0.2) is 0 Å². The van der Waals surface area contributed by atoms with Gasteiger partial charge in [-0.2, -0.15) is 5.10 Å². The first kappa shape index (κ1) is 16.3. The van der Waals surface area contributed by atoms with Gasteiger partial charge in [0.05, 0.1) is 11.3 Å². The number of nitrogens with one attached hydrogen (secondary N) is 1. The molecule has 2 heterocycles. The summed E-state index contributed by atoms with van der Waals surface area (Å²) in [5.74, 6) is -0.243. The summed E-state index contributed by atoms with van der Waals surface area (Å²) in [7, 11) is 0. The summed E-state index contributed by atoms with van der Waals surface area (Å²) in [6, 6.07) is 5.68. The number of rotatable bonds is 5. The van der Waals surface area contributed by atoms with E-state index in [1.54, 1.807) is 17.1 Å². The zero-order valence-electron chi connectivity index (χ0n) is 13.4. The van der Waals surface area contributed by atoms with E-state index in [2.05, 4.69) is 29.2 Å². The number of nitrogens with zero attached hydrogens (tertiary/aromatic N) is 3. The Morgan fingerprint density at radius 3 is 2.71 bits per heavy atom. The molecule has 0 aliphatic carbocycles. The minimum absolute atomic E-state index is 0.264. The van der Waals surface area contributed by atoms with Gasteiger partial charge in [0.1, 0.15) is 5.82 Å². The molecule has 0 spiro atoms. The first-order valence-electron chi connectivity index (χ1n) is 7.58. The molecule has 0 saturated carbocycles. The zero-order valence-corrected chi connectivity index (χ0v) is 14.2. The number of carbonyl (C=O) groups excluding carboxylic acids is 1. The first-order chi connectivity index (χ1) is 11.5. The molecule has 3 aromatic rings. The van der Waals surface area contributed by atoms with Gasteiger partial charge in [-0.15, -0.1) is 11.3 Å². The highest BCUT2D eigenvalue weighted by Crippen LogP contribution is 2.19. The van der Waals surface area contributed by atoms with Crippen molar-refractivity contribution in [2.75, 3.05) is 5.32 Å². The van der Waals surface area contributed by atoms with Crippen molar-refractivity contribution in [3.8, 4) is 5.13 Å². The molecule has 1 aromatic carbocycles. The van der Waals surface area contributed by atoms with Crippen LogP contribution < -0.4 is 5.32 Å². The fraction of sp³-hybridized carbons (Fsp3) is 0.235. The maximum absolute atomic E-state index is 13.0. The van der Waals surface area contributed by atoms with E-state index in [0.29, 0.717) is 28.7 Å². The lowest BCUT2D eigenvalue weighted by atomic mass is 10.0.